The van der Waals surface area contributed by atoms with Gasteiger partial charge in [0.2, 0.25) is 4.96 Å². The van der Waals surface area contributed by atoms with Gasteiger partial charge in [0.25, 0.3) is 15.6 Å². The number of anilines is 1. The Balaban J connectivity index is 1.99. The Morgan fingerprint density at radius 3 is 2.65 bits per heavy atom. The van der Waals surface area contributed by atoms with E-state index < -0.39 is 9.70 Å². The van der Waals surface area contributed by atoms with Gasteiger partial charge in [-0.1, -0.05) is 58.0 Å². The van der Waals surface area contributed by atoms with Gasteiger partial charge in [-0.25, -0.2) is 4.52 Å². The standard InChI is InChI=1S/C12H5Cl5N4OS/c13-5-1-2-6(7(14)3-5)8-4-23-11-19-10(20-21(8)11)18-9(22)12(15,16)17/h1-4H,(H,18,20,22). The first-order chi connectivity index (χ1) is 10.8. The Hall–Kier alpha value is -0.760. The van der Waals surface area contributed by atoms with Crippen LogP contribution < -0.4 is 5.32 Å². The van der Waals surface area contributed by atoms with E-state index in [1.54, 1.807) is 18.2 Å². The molecule has 1 aromatic carbocycles. The Kier molecular flexibility index (Phi) is 4.66. The number of aromatic nitrogens is 3. The molecule has 2 aromatic heterocycles. The second-order valence-electron chi connectivity index (χ2n) is 4.33. The van der Waals surface area contributed by atoms with Crippen LogP contribution in [0.5, 0.6) is 0 Å². The van der Waals surface area contributed by atoms with E-state index in [9.17, 15) is 4.79 Å². The number of hydrogen-bond acceptors (Lipinski definition) is 4. The number of nitrogens with zero attached hydrogens (tertiary/aromatic N) is 3. The van der Waals surface area contributed by atoms with Crippen LogP contribution in [-0.4, -0.2) is 24.3 Å². The minimum Gasteiger partial charge on any atom is -0.289 e. The van der Waals surface area contributed by atoms with Crippen molar-refractivity contribution in [3.63, 3.8) is 0 Å². The fourth-order valence-corrected chi connectivity index (χ4v) is 3.26. The zero-order chi connectivity index (χ0) is 16.8. The molecule has 0 unspecified atom stereocenters. The molecule has 3 rings (SSSR count). The summed E-state index contributed by atoms with van der Waals surface area (Å²) in [4.78, 5) is 16.4. The first-order valence-electron chi connectivity index (χ1n) is 5.93. The van der Waals surface area contributed by atoms with Crippen LogP contribution in [0.4, 0.5) is 5.95 Å². The van der Waals surface area contributed by atoms with Crippen LogP contribution in [0, 0.1) is 0 Å². The first kappa shape index (κ1) is 17.1. The summed E-state index contributed by atoms with van der Waals surface area (Å²) in [6.07, 6.45) is 0. The molecule has 2 heterocycles. The van der Waals surface area contributed by atoms with Crippen LogP contribution in [0.3, 0.4) is 0 Å². The normalized spacial score (nSPS) is 11.9. The molecule has 0 atom stereocenters. The maximum Gasteiger partial charge on any atom is 0.278 e. The number of rotatable bonds is 2. The fraction of sp³-hybridized carbons (Fsp3) is 0.0833. The molecule has 5 nitrogen and oxygen atoms in total. The number of hydrogen-bond donors (Lipinski definition) is 1. The van der Waals surface area contributed by atoms with Crippen LogP contribution in [0.2, 0.25) is 10.0 Å². The van der Waals surface area contributed by atoms with Gasteiger partial charge in [0.05, 0.1) is 10.7 Å². The largest absolute Gasteiger partial charge is 0.289 e. The number of alkyl halides is 3. The molecule has 0 aliphatic heterocycles. The Morgan fingerprint density at radius 1 is 1.26 bits per heavy atom. The van der Waals surface area contributed by atoms with Crippen molar-refractivity contribution in [1.82, 2.24) is 14.6 Å². The van der Waals surface area contributed by atoms with Crippen molar-refractivity contribution in [3.05, 3.63) is 33.6 Å². The average Bonchev–Trinajstić information content (AvgIpc) is 2.98. The highest BCUT2D eigenvalue weighted by atomic mass is 35.6. The third kappa shape index (κ3) is 3.52. The molecular formula is C12H5Cl5N4OS. The molecule has 0 fully saturated rings. The van der Waals surface area contributed by atoms with E-state index in [-0.39, 0.29) is 5.95 Å². The molecule has 0 bridgehead atoms. The van der Waals surface area contributed by atoms with Gasteiger partial charge in [-0.3, -0.25) is 10.1 Å². The van der Waals surface area contributed by atoms with Crippen molar-refractivity contribution in [2.75, 3.05) is 5.32 Å². The maximum atomic E-state index is 11.7. The summed E-state index contributed by atoms with van der Waals surface area (Å²) in [5.74, 6) is -0.814. The Morgan fingerprint density at radius 2 is 2.00 bits per heavy atom. The number of carbonyl (C=O) groups excluding carboxylic acids is 1. The summed E-state index contributed by atoms with van der Waals surface area (Å²) in [5.41, 5.74) is 1.43. The van der Waals surface area contributed by atoms with Gasteiger partial charge >= 0.3 is 0 Å². The fourth-order valence-electron chi connectivity index (χ4n) is 1.79. The minimum absolute atomic E-state index is 0.0273. The molecular weight excluding hydrogens is 425 g/mol. The van der Waals surface area contributed by atoms with Gasteiger partial charge in [0, 0.05) is 16.0 Å². The highest BCUT2D eigenvalue weighted by molar-refractivity contribution is 7.15. The van der Waals surface area contributed by atoms with Crippen molar-refractivity contribution in [2.45, 2.75) is 3.79 Å². The van der Waals surface area contributed by atoms with Crippen LogP contribution >= 0.6 is 69.3 Å². The molecule has 120 valence electrons. The monoisotopic (exact) mass is 428 g/mol. The third-order valence-electron chi connectivity index (χ3n) is 2.77. The molecule has 3 aromatic rings. The highest BCUT2D eigenvalue weighted by Gasteiger charge is 2.31. The topological polar surface area (TPSA) is 59.3 Å². The molecule has 11 heteroatoms. The van der Waals surface area contributed by atoms with Crippen molar-refractivity contribution < 1.29 is 4.79 Å². The number of benzene rings is 1. The van der Waals surface area contributed by atoms with Crippen molar-refractivity contribution in [2.24, 2.45) is 0 Å². The van der Waals surface area contributed by atoms with E-state index in [4.69, 9.17) is 58.0 Å². The molecule has 0 aliphatic rings. The summed E-state index contributed by atoms with van der Waals surface area (Å²) in [5, 5.41) is 9.35. The third-order valence-corrected chi connectivity index (χ3v) is 4.65. The maximum absolute atomic E-state index is 11.7. The minimum atomic E-state index is -2.10. The summed E-state index contributed by atoms with van der Waals surface area (Å²) in [6, 6.07) is 5.12. The second kappa shape index (κ2) is 6.27. The molecule has 0 saturated carbocycles. The Labute approximate surface area is 159 Å². The number of nitrogens with one attached hydrogen (secondary N) is 1. The zero-order valence-electron chi connectivity index (χ0n) is 10.9. The van der Waals surface area contributed by atoms with Crippen molar-refractivity contribution in [3.8, 4) is 11.3 Å². The zero-order valence-corrected chi connectivity index (χ0v) is 15.5. The molecule has 0 radical (unpaired) electrons. The summed E-state index contributed by atoms with van der Waals surface area (Å²) < 4.78 is -0.561. The smallest absolute Gasteiger partial charge is 0.278 e. The van der Waals surface area contributed by atoms with Gasteiger partial charge in [0.15, 0.2) is 0 Å². The van der Waals surface area contributed by atoms with E-state index in [2.05, 4.69) is 15.4 Å². The van der Waals surface area contributed by atoms with Crippen LogP contribution in [0.1, 0.15) is 0 Å². The molecule has 23 heavy (non-hydrogen) atoms. The predicted molar refractivity (Wildman–Crippen MR) is 95.2 cm³/mol. The van der Waals surface area contributed by atoms with Gasteiger partial charge in [-0.15, -0.1) is 16.4 Å². The number of amides is 1. The van der Waals surface area contributed by atoms with Crippen LogP contribution in [0.15, 0.2) is 23.6 Å². The van der Waals surface area contributed by atoms with Crippen LogP contribution in [-0.2, 0) is 4.79 Å². The molecule has 1 N–H and O–H groups in total. The van der Waals surface area contributed by atoms with E-state index in [0.29, 0.717) is 20.7 Å². The summed E-state index contributed by atoms with van der Waals surface area (Å²) >= 11 is 29.9. The summed E-state index contributed by atoms with van der Waals surface area (Å²) in [6.45, 7) is 0. The number of thiazole rings is 1. The lowest BCUT2D eigenvalue weighted by Crippen LogP contribution is -2.27. The predicted octanol–water partition coefficient (Wildman–Crippen LogP) is 5.07. The van der Waals surface area contributed by atoms with Gasteiger partial charge in [-0.05, 0) is 18.2 Å². The average molecular weight is 431 g/mol. The Bertz CT molecular complexity index is 901. The number of halogens is 5. The molecule has 0 spiro atoms. The lowest BCUT2D eigenvalue weighted by atomic mass is 10.2. The van der Waals surface area contributed by atoms with Gasteiger partial charge < -0.3 is 0 Å². The van der Waals surface area contributed by atoms with Crippen molar-refractivity contribution in [1.29, 1.82) is 0 Å². The lowest BCUT2D eigenvalue weighted by Gasteiger charge is -2.08. The number of carbonyl (C=O) groups is 1. The first-order valence-corrected chi connectivity index (χ1v) is 8.70. The lowest BCUT2D eigenvalue weighted by molar-refractivity contribution is -0.115. The molecule has 1 amide bonds. The molecule has 0 saturated heterocycles. The SMILES string of the molecule is O=C(Nc1nc2scc(-c3ccc(Cl)cc3Cl)n2n1)C(Cl)(Cl)Cl. The van der Waals surface area contributed by atoms with Crippen LogP contribution in [0.25, 0.3) is 16.2 Å². The number of fused-ring (bicyclic) bond motifs is 1. The van der Waals surface area contributed by atoms with Gasteiger partial charge in [0.1, 0.15) is 0 Å². The second-order valence-corrected chi connectivity index (χ2v) is 8.29. The summed E-state index contributed by atoms with van der Waals surface area (Å²) in [7, 11) is 0. The van der Waals surface area contributed by atoms with Gasteiger partial charge in [-0.2, -0.15) is 4.98 Å². The van der Waals surface area contributed by atoms with E-state index >= 15 is 0 Å². The molecule has 0 aliphatic carbocycles. The van der Waals surface area contributed by atoms with E-state index in [0.717, 1.165) is 5.56 Å². The van der Waals surface area contributed by atoms with Crippen molar-refractivity contribution >= 4 is 86.2 Å². The highest BCUT2D eigenvalue weighted by Crippen LogP contribution is 2.33. The quantitative estimate of drug-likeness (QED) is 0.577. The van der Waals surface area contributed by atoms with E-state index in [1.807, 2.05) is 5.38 Å². The van der Waals surface area contributed by atoms with E-state index in [1.165, 1.54) is 15.9 Å².